The maximum absolute atomic E-state index is 15.0. The van der Waals surface area contributed by atoms with Gasteiger partial charge in [-0.1, -0.05) is 63.1 Å². The second kappa shape index (κ2) is 18.9. The van der Waals surface area contributed by atoms with E-state index in [0.29, 0.717) is 61.3 Å². The summed E-state index contributed by atoms with van der Waals surface area (Å²) < 4.78 is 89.8. The number of esters is 2. The Balaban J connectivity index is 1.51. The van der Waals surface area contributed by atoms with Crippen LogP contribution in [0.5, 0.6) is 5.75 Å². The first kappa shape index (κ1) is 39.0. The van der Waals surface area contributed by atoms with Crippen LogP contribution in [0.25, 0.3) is 11.1 Å². The maximum Gasteiger partial charge on any atom is 0.432 e. The number of hydrogen-bond donors (Lipinski definition) is 0. The van der Waals surface area contributed by atoms with Crippen molar-refractivity contribution in [3.63, 3.8) is 0 Å². The van der Waals surface area contributed by atoms with E-state index in [1.807, 2.05) is 0 Å². The van der Waals surface area contributed by atoms with Crippen LogP contribution in [0.15, 0.2) is 78.9 Å². The average molecular weight is 687 g/mol. The van der Waals surface area contributed by atoms with E-state index in [1.54, 1.807) is 32.0 Å². The molecule has 0 aliphatic carbocycles. The van der Waals surface area contributed by atoms with Crippen molar-refractivity contribution in [1.82, 2.24) is 0 Å². The molecule has 0 aliphatic rings. The quantitative estimate of drug-likeness (QED) is 0.0512. The molecule has 0 N–H and O–H groups in total. The van der Waals surface area contributed by atoms with E-state index in [-0.39, 0.29) is 16.9 Å². The van der Waals surface area contributed by atoms with Crippen molar-refractivity contribution in [3.8, 4) is 16.9 Å². The fourth-order valence-corrected chi connectivity index (χ4v) is 5.02. The Labute approximate surface area is 284 Å². The molecule has 264 valence electrons. The topological polar surface area (TPSA) is 61.8 Å². The third-order valence-electron chi connectivity index (χ3n) is 7.73. The van der Waals surface area contributed by atoms with Crippen molar-refractivity contribution in [2.45, 2.75) is 84.2 Å². The van der Waals surface area contributed by atoms with Gasteiger partial charge in [-0.05, 0) is 99.4 Å². The Kier molecular flexibility index (Phi) is 15.0. The molecule has 0 saturated heterocycles. The predicted octanol–water partition coefficient (Wildman–Crippen LogP) is 10.3. The Hall–Kier alpha value is -4.47. The van der Waals surface area contributed by atoms with Gasteiger partial charge in [0.2, 0.25) is 0 Å². The second-order valence-electron chi connectivity index (χ2n) is 12.1. The number of halogens is 5. The van der Waals surface area contributed by atoms with Gasteiger partial charge in [0.05, 0.1) is 13.2 Å². The molecule has 0 radical (unpaired) electrons. The van der Waals surface area contributed by atoms with Gasteiger partial charge in [0.25, 0.3) is 0 Å². The molecule has 0 amide bonds. The molecule has 0 unspecified atom stereocenters. The second-order valence-corrected chi connectivity index (χ2v) is 12.1. The van der Waals surface area contributed by atoms with Crippen LogP contribution in [0.4, 0.5) is 22.0 Å². The smallest absolute Gasteiger partial charge is 0.432 e. The number of aryl methyl sites for hydroxylation is 2. The molecule has 0 bridgehead atoms. The van der Waals surface area contributed by atoms with Crippen molar-refractivity contribution in [2.24, 2.45) is 0 Å². The number of ether oxygens (including phenoxy) is 3. The molecule has 5 nitrogen and oxygen atoms in total. The van der Waals surface area contributed by atoms with Gasteiger partial charge in [-0.25, -0.2) is 22.8 Å². The highest BCUT2D eigenvalue weighted by Gasteiger charge is 2.41. The van der Waals surface area contributed by atoms with Gasteiger partial charge >= 0.3 is 18.0 Å². The molecule has 49 heavy (non-hydrogen) atoms. The molecule has 0 aliphatic heterocycles. The highest BCUT2D eigenvalue weighted by Crippen LogP contribution is 2.37. The third-order valence-corrected chi connectivity index (χ3v) is 7.73. The summed E-state index contributed by atoms with van der Waals surface area (Å²) >= 11 is 0. The lowest BCUT2D eigenvalue weighted by molar-refractivity contribution is -0.189. The van der Waals surface area contributed by atoms with Crippen LogP contribution in [-0.2, 0) is 38.0 Å². The highest BCUT2D eigenvalue weighted by atomic mass is 19.3. The lowest BCUT2D eigenvalue weighted by atomic mass is 9.98. The van der Waals surface area contributed by atoms with Gasteiger partial charge in [-0.2, -0.15) is 8.78 Å². The predicted molar refractivity (Wildman–Crippen MR) is 179 cm³/mol. The summed E-state index contributed by atoms with van der Waals surface area (Å²) in [5.41, 5.74) is 0.329. The summed E-state index contributed by atoms with van der Waals surface area (Å²) in [6.07, 6.45) is 3.26. The average Bonchev–Trinajstić information content (AvgIpc) is 3.03. The van der Waals surface area contributed by atoms with E-state index < -0.39 is 41.1 Å². The lowest BCUT2D eigenvalue weighted by Gasteiger charge is -2.20. The van der Waals surface area contributed by atoms with Gasteiger partial charge < -0.3 is 14.2 Å². The Bertz CT molecular complexity index is 1580. The zero-order valence-electron chi connectivity index (χ0n) is 28.0. The summed E-state index contributed by atoms with van der Waals surface area (Å²) in [5.74, 6) is -4.98. The molecule has 0 spiro atoms. The van der Waals surface area contributed by atoms with Gasteiger partial charge in [0.15, 0.2) is 0 Å². The van der Waals surface area contributed by atoms with Crippen LogP contribution >= 0.6 is 0 Å². The van der Waals surface area contributed by atoms with Crippen LogP contribution in [-0.4, -0.2) is 25.2 Å². The zero-order valence-corrected chi connectivity index (χ0v) is 28.0. The van der Waals surface area contributed by atoms with Crippen molar-refractivity contribution in [2.75, 3.05) is 13.2 Å². The summed E-state index contributed by atoms with van der Waals surface area (Å²) in [5, 5.41) is 0. The van der Waals surface area contributed by atoms with E-state index in [9.17, 15) is 22.8 Å². The van der Waals surface area contributed by atoms with Gasteiger partial charge in [0, 0.05) is 16.7 Å². The zero-order chi connectivity index (χ0) is 36.0. The molecular weight excluding hydrogens is 643 g/mol. The number of alkyl halides is 2. The third kappa shape index (κ3) is 12.5. The van der Waals surface area contributed by atoms with Gasteiger partial charge in [0.1, 0.15) is 28.8 Å². The van der Waals surface area contributed by atoms with E-state index in [0.717, 1.165) is 50.5 Å². The Morgan fingerprint density at radius 2 is 1.10 bits per heavy atom. The minimum absolute atomic E-state index is 0.126. The fraction of sp³-hybridized carbons (Fsp3) is 0.385. The summed E-state index contributed by atoms with van der Waals surface area (Å²) in [4.78, 5) is 22.7. The SMILES string of the molecule is C=C(C)C(=O)OCCCCCCc1ccc(OC(F)(F)c2c(F)cc(-c3ccc(CCCCCCOC(=O)C(=C)C)cc3F)cc2F)cc1. The van der Waals surface area contributed by atoms with Crippen LogP contribution in [0.1, 0.15) is 81.9 Å². The summed E-state index contributed by atoms with van der Waals surface area (Å²) in [7, 11) is 0. The van der Waals surface area contributed by atoms with Crippen LogP contribution in [0.2, 0.25) is 0 Å². The first-order chi connectivity index (χ1) is 23.3. The van der Waals surface area contributed by atoms with Crippen molar-refractivity contribution in [1.29, 1.82) is 0 Å². The summed E-state index contributed by atoms with van der Waals surface area (Å²) in [6.45, 7) is 10.8. The molecule has 0 saturated carbocycles. The molecule has 10 heteroatoms. The molecule has 3 rings (SSSR count). The minimum atomic E-state index is -4.34. The Morgan fingerprint density at radius 1 is 0.633 bits per heavy atom. The molecule has 3 aromatic carbocycles. The van der Waals surface area contributed by atoms with Crippen LogP contribution in [0.3, 0.4) is 0 Å². The molecule has 0 atom stereocenters. The Morgan fingerprint density at radius 3 is 1.59 bits per heavy atom. The molecule has 0 heterocycles. The molecule has 0 fully saturated rings. The minimum Gasteiger partial charge on any atom is -0.462 e. The monoisotopic (exact) mass is 686 g/mol. The van der Waals surface area contributed by atoms with E-state index in [4.69, 9.17) is 14.2 Å². The molecule has 3 aromatic rings. The molecule has 0 aromatic heterocycles. The highest BCUT2D eigenvalue weighted by molar-refractivity contribution is 5.87. The lowest BCUT2D eigenvalue weighted by Crippen LogP contribution is -2.25. The van der Waals surface area contributed by atoms with Crippen molar-refractivity contribution in [3.05, 3.63) is 113 Å². The largest absolute Gasteiger partial charge is 0.462 e. The normalized spacial score (nSPS) is 11.2. The standard InChI is InChI=1S/C39H43F5O5/c1-26(2)37(45)47-21-11-7-5-9-13-28-15-18-31(19-16-28)49-39(43,44)36-34(41)24-30(25-35(36)42)32-20-17-29(23-33(32)40)14-10-6-8-12-22-48-38(46)27(3)4/h15-20,23-25H,1,3,5-14,21-22H2,2,4H3. The number of hydrogen-bond acceptors (Lipinski definition) is 5. The van der Waals surface area contributed by atoms with Crippen LogP contribution in [0, 0.1) is 17.5 Å². The number of rotatable bonds is 20. The summed E-state index contributed by atoms with van der Waals surface area (Å²) in [6, 6.07) is 11.4. The van der Waals surface area contributed by atoms with Gasteiger partial charge in [-0.15, -0.1) is 0 Å². The fourth-order valence-electron chi connectivity index (χ4n) is 5.02. The van der Waals surface area contributed by atoms with E-state index in [1.165, 1.54) is 24.3 Å². The maximum atomic E-state index is 15.0. The van der Waals surface area contributed by atoms with Gasteiger partial charge in [-0.3, -0.25) is 0 Å². The van der Waals surface area contributed by atoms with Crippen molar-refractivity contribution >= 4 is 11.9 Å². The molecular formula is C39H43F5O5. The number of carbonyl (C=O) groups excluding carboxylic acids is 2. The number of benzene rings is 3. The number of carbonyl (C=O) groups is 2. The number of unbranched alkanes of at least 4 members (excludes halogenated alkanes) is 6. The van der Waals surface area contributed by atoms with Crippen LogP contribution < -0.4 is 4.74 Å². The first-order valence-electron chi connectivity index (χ1n) is 16.4. The first-order valence-corrected chi connectivity index (χ1v) is 16.4. The van der Waals surface area contributed by atoms with Crippen molar-refractivity contribution < 1.29 is 45.8 Å². The van der Waals surface area contributed by atoms with E-state index in [2.05, 4.69) is 13.2 Å². The van der Waals surface area contributed by atoms with E-state index >= 15 is 8.78 Å².